The molecule has 1 heterocycles. The van der Waals surface area contributed by atoms with Crippen LogP contribution < -0.4 is 0 Å². The van der Waals surface area contributed by atoms with Gasteiger partial charge in [-0.05, 0) is 77.1 Å². The highest BCUT2D eigenvalue weighted by atomic mass is 16.8. The summed E-state index contributed by atoms with van der Waals surface area (Å²) in [7, 11) is 0. The van der Waals surface area contributed by atoms with E-state index in [2.05, 4.69) is 48.5 Å². The number of hydrogen-bond acceptors (Lipinski definition) is 6. The number of ether oxygens (including phenoxy) is 4. The van der Waals surface area contributed by atoms with Crippen molar-refractivity contribution >= 4 is 11.9 Å². The van der Waals surface area contributed by atoms with Gasteiger partial charge in [0, 0.05) is 6.92 Å². The first-order valence-electron chi connectivity index (χ1n) is 15.4. The molecule has 4 aromatic carbocycles. The molecule has 1 fully saturated rings. The number of rotatable bonds is 4. The van der Waals surface area contributed by atoms with E-state index in [-0.39, 0.29) is 6.42 Å². The summed E-state index contributed by atoms with van der Waals surface area (Å²) in [6.45, 7) is 3.16. The molecule has 13 rings (SSSR count). The van der Waals surface area contributed by atoms with Gasteiger partial charge in [0.05, 0.1) is 6.42 Å². The summed E-state index contributed by atoms with van der Waals surface area (Å²) in [6.07, 6.45) is 1.14. The molecule has 0 aromatic heterocycles. The smallest absolute Gasteiger partial charge is 0.312 e. The maximum atomic E-state index is 13.8. The number of aryl methyl sites for hydroxylation is 4. The second kappa shape index (κ2) is 11.7. The van der Waals surface area contributed by atoms with Crippen LogP contribution in [-0.2, 0) is 54.2 Å². The summed E-state index contributed by atoms with van der Waals surface area (Å²) >= 11 is 0. The third kappa shape index (κ3) is 5.92. The summed E-state index contributed by atoms with van der Waals surface area (Å²) in [5.41, 5.74) is 8.41. The maximum Gasteiger partial charge on any atom is 0.312 e. The fraction of sp³-hybridized carbons (Fsp3) is 0.316. The van der Waals surface area contributed by atoms with Crippen molar-refractivity contribution in [1.29, 1.82) is 0 Å². The minimum atomic E-state index is -1.24. The predicted octanol–water partition coefficient (Wildman–Crippen LogP) is 7.41. The van der Waals surface area contributed by atoms with Crippen molar-refractivity contribution < 1.29 is 28.5 Å². The second-order valence-corrected chi connectivity index (χ2v) is 12.3. The Labute approximate surface area is 257 Å². The largest absolute Gasteiger partial charge is 0.453 e. The topological polar surface area (TPSA) is 71.1 Å². The van der Waals surface area contributed by atoms with Crippen molar-refractivity contribution in [2.24, 2.45) is 0 Å². The minimum Gasteiger partial charge on any atom is -0.453 e. The van der Waals surface area contributed by atoms with Crippen molar-refractivity contribution in [2.45, 2.75) is 76.2 Å². The SMILES string of the molecule is CC(=O)OC1c2ccc(cc2)CCc2ccc(cc2)C1OC(=O)CC1(C)OC2c3ccc(cc3)CCc3ccc(cc3)C2O1. The number of carbonyl (C=O) groups is 2. The van der Waals surface area contributed by atoms with Gasteiger partial charge in [-0.3, -0.25) is 9.59 Å². The van der Waals surface area contributed by atoms with E-state index in [9.17, 15) is 9.59 Å². The van der Waals surface area contributed by atoms with Crippen molar-refractivity contribution in [2.75, 3.05) is 0 Å². The molecule has 6 nitrogen and oxygen atoms in total. The summed E-state index contributed by atoms with van der Waals surface area (Å²) in [6, 6.07) is 32.9. The van der Waals surface area contributed by atoms with Crippen molar-refractivity contribution in [3.63, 3.8) is 0 Å². The molecule has 4 aromatic rings. The van der Waals surface area contributed by atoms with E-state index < -0.39 is 42.1 Å². The lowest BCUT2D eigenvalue weighted by Crippen LogP contribution is -2.32. The van der Waals surface area contributed by atoms with Gasteiger partial charge in [0.1, 0.15) is 12.2 Å². The number of benzene rings is 4. The van der Waals surface area contributed by atoms with Gasteiger partial charge in [-0.2, -0.15) is 0 Å². The summed E-state index contributed by atoms with van der Waals surface area (Å²) in [5.74, 6) is -2.20. The zero-order valence-electron chi connectivity index (χ0n) is 25.0. The Bertz CT molecular complexity index is 1580. The average molecular weight is 589 g/mol. The van der Waals surface area contributed by atoms with Gasteiger partial charge in [0.2, 0.25) is 0 Å². The highest BCUT2D eigenvalue weighted by Gasteiger charge is 2.48. The molecule has 0 saturated carbocycles. The van der Waals surface area contributed by atoms with Gasteiger partial charge in [-0.15, -0.1) is 0 Å². The van der Waals surface area contributed by atoms with E-state index in [1.165, 1.54) is 29.2 Å². The zero-order chi connectivity index (χ0) is 30.3. The van der Waals surface area contributed by atoms with Crippen molar-refractivity contribution in [3.8, 4) is 0 Å². The van der Waals surface area contributed by atoms with Crippen LogP contribution in [0.15, 0.2) is 97.1 Å². The van der Waals surface area contributed by atoms with Gasteiger partial charge >= 0.3 is 11.9 Å². The fourth-order valence-corrected chi connectivity index (χ4v) is 6.56. The Hall–Kier alpha value is -4.26. The van der Waals surface area contributed by atoms with E-state index in [0.717, 1.165) is 47.9 Å². The molecule has 1 saturated heterocycles. The van der Waals surface area contributed by atoms with Gasteiger partial charge in [0.15, 0.2) is 18.0 Å². The molecule has 0 amide bonds. The van der Waals surface area contributed by atoms with Gasteiger partial charge in [0.25, 0.3) is 0 Å². The van der Waals surface area contributed by atoms with Crippen LogP contribution in [0, 0.1) is 0 Å². The van der Waals surface area contributed by atoms with Crippen LogP contribution in [0.3, 0.4) is 0 Å². The molecule has 224 valence electrons. The third-order valence-corrected chi connectivity index (χ3v) is 8.96. The molecule has 1 aliphatic heterocycles. The molecule has 8 bridgehead atoms. The highest BCUT2D eigenvalue weighted by molar-refractivity contribution is 5.71. The zero-order valence-corrected chi connectivity index (χ0v) is 25.0. The molecule has 4 unspecified atom stereocenters. The molecule has 4 atom stereocenters. The van der Waals surface area contributed by atoms with Crippen LogP contribution in [0.1, 0.15) is 89.2 Å². The van der Waals surface area contributed by atoms with Crippen LogP contribution in [0.25, 0.3) is 0 Å². The maximum absolute atomic E-state index is 13.8. The lowest BCUT2D eigenvalue weighted by atomic mass is 9.93. The van der Waals surface area contributed by atoms with E-state index in [1.807, 2.05) is 48.5 Å². The Balaban J connectivity index is 1.18. The third-order valence-electron chi connectivity index (χ3n) is 8.96. The van der Waals surface area contributed by atoms with E-state index >= 15 is 0 Å². The summed E-state index contributed by atoms with van der Waals surface area (Å²) < 4.78 is 25.2. The first-order chi connectivity index (χ1) is 21.3. The Morgan fingerprint density at radius 3 is 1.30 bits per heavy atom. The van der Waals surface area contributed by atoms with E-state index in [1.54, 1.807) is 6.92 Å². The van der Waals surface area contributed by atoms with Crippen LogP contribution in [0.5, 0.6) is 0 Å². The monoisotopic (exact) mass is 588 g/mol. The number of carbonyl (C=O) groups excluding carboxylic acids is 2. The quantitative estimate of drug-likeness (QED) is 0.231. The molecule has 6 heteroatoms. The number of esters is 2. The molecular formula is C38H36O6. The van der Waals surface area contributed by atoms with E-state index in [4.69, 9.17) is 18.9 Å². The van der Waals surface area contributed by atoms with Crippen LogP contribution >= 0.6 is 0 Å². The second-order valence-electron chi connectivity index (χ2n) is 12.3. The van der Waals surface area contributed by atoms with E-state index in [0.29, 0.717) is 0 Å². The summed E-state index contributed by atoms with van der Waals surface area (Å²) in [5, 5.41) is 0. The molecule has 0 spiro atoms. The van der Waals surface area contributed by atoms with Gasteiger partial charge in [-0.1, -0.05) is 97.1 Å². The lowest BCUT2D eigenvalue weighted by molar-refractivity contribution is -0.194. The Morgan fingerprint density at radius 1 is 0.591 bits per heavy atom. The molecule has 0 radical (unpaired) electrons. The van der Waals surface area contributed by atoms with Gasteiger partial charge in [-0.25, -0.2) is 0 Å². The standard InChI is InChI=1S/C38H36O6/c1-24(39)41-34-29-15-7-25(8-16-29)3-4-26-9-17-30(18-10-26)35(34)42-33(40)23-38(2)43-36-31-19-11-27(12-20-31)5-6-28-13-21-32(22-14-28)37(36)44-38/h7-22,34-37H,3-6,23H2,1-2H3. The minimum absolute atomic E-state index is 0.142. The number of hydrogen-bond donors (Lipinski definition) is 0. The fourth-order valence-electron chi connectivity index (χ4n) is 6.56. The molecule has 44 heavy (non-hydrogen) atoms. The molecular weight excluding hydrogens is 552 g/mol. The van der Waals surface area contributed by atoms with Crippen LogP contribution in [0.4, 0.5) is 0 Å². The molecule has 0 N–H and O–H groups in total. The Morgan fingerprint density at radius 2 is 0.932 bits per heavy atom. The highest BCUT2D eigenvalue weighted by Crippen LogP contribution is 2.49. The van der Waals surface area contributed by atoms with Gasteiger partial charge < -0.3 is 18.9 Å². The van der Waals surface area contributed by atoms with Crippen molar-refractivity contribution in [1.82, 2.24) is 0 Å². The lowest BCUT2D eigenvalue weighted by Gasteiger charge is -2.29. The van der Waals surface area contributed by atoms with Crippen molar-refractivity contribution in [3.05, 3.63) is 142 Å². The first-order valence-corrected chi connectivity index (χ1v) is 15.4. The predicted molar refractivity (Wildman–Crippen MR) is 165 cm³/mol. The van der Waals surface area contributed by atoms with Crippen LogP contribution in [0.2, 0.25) is 0 Å². The first kappa shape index (κ1) is 28.5. The Kier molecular flexibility index (Phi) is 7.57. The average Bonchev–Trinajstić information content (AvgIpc) is 3.37. The summed E-state index contributed by atoms with van der Waals surface area (Å²) in [4.78, 5) is 26.1. The molecule has 8 aliphatic carbocycles. The normalized spacial score (nSPS) is 25.3. The molecule has 9 aliphatic rings. The van der Waals surface area contributed by atoms with Crippen LogP contribution in [-0.4, -0.2) is 17.7 Å².